The van der Waals surface area contributed by atoms with Crippen LogP contribution in [0.4, 0.5) is 11.4 Å². The van der Waals surface area contributed by atoms with Crippen LogP contribution in [0, 0.1) is 10.1 Å². The number of anilines is 1. The SMILES string of the molecule is COC(=O)C1=C(C(=O)OC)N(c2cc([N+](=O)[O-])ccc2Cl)COC1. The molecule has 0 aliphatic carbocycles. The van der Waals surface area contributed by atoms with Gasteiger partial charge in [0.1, 0.15) is 12.4 Å². The molecule has 0 aromatic heterocycles. The fourth-order valence-electron chi connectivity index (χ4n) is 2.16. The van der Waals surface area contributed by atoms with Crippen molar-refractivity contribution in [1.82, 2.24) is 0 Å². The lowest BCUT2D eigenvalue weighted by Crippen LogP contribution is -2.39. The molecule has 1 heterocycles. The van der Waals surface area contributed by atoms with Gasteiger partial charge in [0.2, 0.25) is 0 Å². The van der Waals surface area contributed by atoms with Crippen molar-refractivity contribution < 1.29 is 28.7 Å². The number of nitrogens with zero attached hydrogens (tertiary/aromatic N) is 2. The summed E-state index contributed by atoms with van der Waals surface area (Å²) in [6.07, 6.45) is 0. The number of benzene rings is 1. The van der Waals surface area contributed by atoms with Crippen molar-refractivity contribution in [1.29, 1.82) is 0 Å². The maximum Gasteiger partial charge on any atom is 0.355 e. The van der Waals surface area contributed by atoms with Crippen molar-refractivity contribution in [2.45, 2.75) is 0 Å². The third kappa shape index (κ3) is 3.31. The first kappa shape index (κ1) is 17.7. The normalized spacial score (nSPS) is 14.4. The summed E-state index contributed by atoms with van der Waals surface area (Å²) in [7, 11) is 2.30. The molecule has 1 aromatic rings. The van der Waals surface area contributed by atoms with Crippen LogP contribution < -0.4 is 4.90 Å². The molecule has 1 aromatic carbocycles. The zero-order valence-corrected chi connectivity index (χ0v) is 13.5. The molecule has 0 radical (unpaired) electrons. The molecule has 0 unspecified atom stereocenters. The molecule has 0 fully saturated rings. The molecule has 0 spiro atoms. The Balaban J connectivity index is 2.63. The molecule has 0 atom stereocenters. The average Bonchev–Trinajstić information content (AvgIpc) is 2.59. The molecule has 0 N–H and O–H groups in total. The van der Waals surface area contributed by atoms with Gasteiger partial charge in [-0.3, -0.25) is 10.1 Å². The number of non-ortho nitro benzene ring substituents is 1. The Labute approximate surface area is 141 Å². The number of ether oxygens (including phenoxy) is 3. The number of methoxy groups -OCH3 is 2. The smallest absolute Gasteiger partial charge is 0.355 e. The number of hydrogen-bond acceptors (Lipinski definition) is 8. The van der Waals surface area contributed by atoms with E-state index in [9.17, 15) is 19.7 Å². The number of hydrogen-bond donors (Lipinski definition) is 0. The first-order valence-electron chi connectivity index (χ1n) is 6.59. The fourth-order valence-corrected chi connectivity index (χ4v) is 2.37. The fraction of sp³-hybridized carbons (Fsp3) is 0.286. The number of halogens is 1. The largest absolute Gasteiger partial charge is 0.466 e. The quantitative estimate of drug-likeness (QED) is 0.455. The number of nitro benzene ring substituents is 1. The molecule has 128 valence electrons. The van der Waals surface area contributed by atoms with E-state index in [1.54, 1.807) is 0 Å². The van der Waals surface area contributed by atoms with Crippen LogP contribution in [0.1, 0.15) is 0 Å². The highest BCUT2D eigenvalue weighted by atomic mass is 35.5. The predicted molar refractivity (Wildman–Crippen MR) is 82.5 cm³/mol. The van der Waals surface area contributed by atoms with Crippen molar-refractivity contribution in [3.05, 3.63) is 44.6 Å². The topological polar surface area (TPSA) is 108 Å². The summed E-state index contributed by atoms with van der Waals surface area (Å²) in [6, 6.07) is 3.71. The summed E-state index contributed by atoms with van der Waals surface area (Å²) in [4.78, 5) is 35.7. The molecule has 2 rings (SSSR count). The van der Waals surface area contributed by atoms with Crippen LogP contribution in [0.2, 0.25) is 5.02 Å². The standard InChI is InChI=1S/C14H13ClN2O7/c1-22-13(18)9-6-24-7-16(12(9)14(19)23-2)11-5-8(17(20)21)3-4-10(11)15/h3-5H,6-7H2,1-2H3. The average molecular weight is 357 g/mol. The van der Waals surface area contributed by atoms with Crippen LogP contribution in [0.5, 0.6) is 0 Å². The van der Waals surface area contributed by atoms with E-state index in [0.717, 1.165) is 14.2 Å². The Kier molecular flexibility index (Phi) is 5.37. The monoisotopic (exact) mass is 356 g/mol. The maximum atomic E-state index is 12.1. The van der Waals surface area contributed by atoms with Crippen molar-refractivity contribution in [2.24, 2.45) is 0 Å². The van der Waals surface area contributed by atoms with E-state index in [-0.39, 0.29) is 41.0 Å². The van der Waals surface area contributed by atoms with Gasteiger partial charge >= 0.3 is 11.9 Å². The zero-order valence-electron chi connectivity index (χ0n) is 12.8. The predicted octanol–water partition coefficient (Wildman–Crippen LogP) is 1.64. The molecule has 9 nitrogen and oxygen atoms in total. The van der Waals surface area contributed by atoms with E-state index in [1.165, 1.54) is 23.1 Å². The molecule has 24 heavy (non-hydrogen) atoms. The molecule has 0 saturated carbocycles. The lowest BCUT2D eigenvalue weighted by atomic mass is 10.1. The molecule has 1 aliphatic heterocycles. The van der Waals surface area contributed by atoms with Gasteiger partial charge in [0.05, 0.1) is 42.0 Å². The van der Waals surface area contributed by atoms with Crippen molar-refractivity contribution in [3.63, 3.8) is 0 Å². The molecule has 10 heteroatoms. The van der Waals surface area contributed by atoms with Gasteiger partial charge in [-0.1, -0.05) is 11.6 Å². The second kappa shape index (κ2) is 7.28. The molecular formula is C14H13ClN2O7. The van der Waals surface area contributed by atoms with Gasteiger partial charge in [-0.05, 0) is 6.07 Å². The third-order valence-corrected chi connectivity index (χ3v) is 3.58. The van der Waals surface area contributed by atoms with Crippen LogP contribution in [0.3, 0.4) is 0 Å². The van der Waals surface area contributed by atoms with Crippen LogP contribution in [-0.4, -0.2) is 44.4 Å². The van der Waals surface area contributed by atoms with Crippen LogP contribution in [0.15, 0.2) is 29.5 Å². The molecular weight excluding hydrogens is 344 g/mol. The van der Waals surface area contributed by atoms with Gasteiger partial charge in [-0.25, -0.2) is 9.59 Å². The van der Waals surface area contributed by atoms with Crippen molar-refractivity contribution in [3.8, 4) is 0 Å². The summed E-state index contributed by atoms with van der Waals surface area (Å²) in [6.45, 7) is -0.314. The Bertz CT molecular complexity index is 732. The van der Waals surface area contributed by atoms with E-state index in [0.29, 0.717) is 0 Å². The van der Waals surface area contributed by atoms with Gasteiger partial charge in [0, 0.05) is 12.1 Å². The highest BCUT2D eigenvalue weighted by molar-refractivity contribution is 6.33. The minimum Gasteiger partial charge on any atom is -0.466 e. The third-order valence-electron chi connectivity index (χ3n) is 3.26. The van der Waals surface area contributed by atoms with Gasteiger partial charge in [0.15, 0.2) is 0 Å². The number of esters is 2. The summed E-state index contributed by atoms with van der Waals surface area (Å²) in [5.41, 5.74) is -0.313. The Morgan fingerprint density at radius 2 is 1.96 bits per heavy atom. The lowest BCUT2D eigenvalue weighted by Gasteiger charge is -2.31. The first-order valence-corrected chi connectivity index (χ1v) is 6.97. The minimum absolute atomic E-state index is 0.0711. The van der Waals surface area contributed by atoms with Gasteiger partial charge in [-0.15, -0.1) is 0 Å². The number of nitro groups is 1. The summed E-state index contributed by atoms with van der Waals surface area (Å²) >= 11 is 6.10. The van der Waals surface area contributed by atoms with Crippen molar-refractivity contribution in [2.75, 3.05) is 32.5 Å². The molecule has 0 saturated heterocycles. The van der Waals surface area contributed by atoms with E-state index in [4.69, 9.17) is 21.1 Å². The molecule has 0 bridgehead atoms. The maximum absolute atomic E-state index is 12.1. The van der Waals surface area contributed by atoms with Gasteiger partial charge < -0.3 is 19.1 Å². The van der Waals surface area contributed by atoms with E-state index < -0.39 is 16.9 Å². The van der Waals surface area contributed by atoms with Crippen molar-refractivity contribution >= 4 is 34.9 Å². The summed E-state index contributed by atoms with van der Waals surface area (Å²) in [5.74, 6) is -1.59. The number of rotatable bonds is 4. The zero-order chi connectivity index (χ0) is 17.9. The highest BCUT2D eigenvalue weighted by Crippen LogP contribution is 2.34. The Morgan fingerprint density at radius 1 is 1.29 bits per heavy atom. The minimum atomic E-state index is -0.818. The summed E-state index contributed by atoms with van der Waals surface area (Å²) in [5, 5.41) is 11.1. The first-order chi connectivity index (χ1) is 11.4. The van der Waals surface area contributed by atoms with Gasteiger partial charge in [-0.2, -0.15) is 0 Å². The number of carbonyl (C=O) groups is 2. The van der Waals surface area contributed by atoms with Crippen LogP contribution in [0.25, 0.3) is 0 Å². The van der Waals surface area contributed by atoms with E-state index in [1.807, 2.05) is 0 Å². The second-order valence-corrected chi connectivity index (χ2v) is 5.02. The number of carbonyl (C=O) groups excluding carboxylic acids is 2. The second-order valence-electron chi connectivity index (χ2n) is 4.61. The van der Waals surface area contributed by atoms with Crippen LogP contribution >= 0.6 is 11.6 Å². The Morgan fingerprint density at radius 3 is 2.54 bits per heavy atom. The molecule has 0 amide bonds. The lowest BCUT2D eigenvalue weighted by molar-refractivity contribution is -0.384. The summed E-state index contributed by atoms with van der Waals surface area (Å²) < 4.78 is 14.6. The molecule has 1 aliphatic rings. The van der Waals surface area contributed by atoms with E-state index in [2.05, 4.69) is 4.74 Å². The van der Waals surface area contributed by atoms with Gasteiger partial charge in [0.25, 0.3) is 5.69 Å². The van der Waals surface area contributed by atoms with E-state index >= 15 is 0 Å². The Hall–Kier alpha value is -2.65. The van der Waals surface area contributed by atoms with Crippen LogP contribution in [-0.2, 0) is 23.8 Å². The highest BCUT2D eigenvalue weighted by Gasteiger charge is 2.33.